The summed E-state index contributed by atoms with van der Waals surface area (Å²) in [4.78, 5) is 0. The molecular weight excluding hydrogens is 300 g/mol. The van der Waals surface area contributed by atoms with Crippen molar-refractivity contribution in [2.75, 3.05) is 0 Å². The summed E-state index contributed by atoms with van der Waals surface area (Å²) in [6, 6.07) is 3.94. The summed E-state index contributed by atoms with van der Waals surface area (Å²) in [6.45, 7) is 8.35. The minimum absolute atomic E-state index is 0.0987. The highest BCUT2D eigenvalue weighted by Gasteiger charge is 2.49. The second kappa shape index (κ2) is 6.44. The summed E-state index contributed by atoms with van der Waals surface area (Å²) in [5.74, 6) is 1.10. The number of phenols is 1. The molecule has 2 aliphatic rings. The first-order valence-electron chi connectivity index (χ1n) is 9.24. The summed E-state index contributed by atoms with van der Waals surface area (Å²) in [5, 5.41) is 21.5. The molecule has 132 valence electrons. The SMILES string of the molecule is CCCCCc1cc(O)c2c(c1)OC(C)(C)[C@@H]1CC=C(C)[C@@H](O)[C@@H]21. The van der Waals surface area contributed by atoms with Gasteiger partial charge in [-0.25, -0.2) is 0 Å². The van der Waals surface area contributed by atoms with E-state index < -0.39 is 6.10 Å². The standard InChI is InChI=1S/C21H30O3/c1-5-6-7-8-14-11-16(22)19-17(12-14)24-21(3,4)15-10-9-13(2)20(23)18(15)19/h9,11-12,15,18,20,22-23H,5-8,10H2,1-4H3/t15-,18-,20-/m1/s1. The minimum Gasteiger partial charge on any atom is -0.508 e. The Morgan fingerprint density at radius 2 is 2.00 bits per heavy atom. The van der Waals surface area contributed by atoms with E-state index in [1.54, 1.807) is 0 Å². The van der Waals surface area contributed by atoms with Crippen LogP contribution in [0.25, 0.3) is 0 Å². The third kappa shape index (κ3) is 2.95. The van der Waals surface area contributed by atoms with E-state index in [4.69, 9.17) is 4.74 Å². The number of benzene rings is 1. The van der Waals surface area contributed by atoms with Gasteiger partial charge in [0, 0.05) is 17.4 Å². The third-order valence-electron chi connectivity index (χ3n) is 5.78. The molecule has 0 bridgehead atoms. The molecule has 1 heterocycles. The molecule has 1 aliphatic heterocycles. The van der Waals surface area contributed by atoms with Gasteiger partial charge in [0.2, 0.25) is 0 Å². The van der Waals surface area contributed by atoms with Gasteiger partial charge in [-0.15, -0.1) is 0 Å². The summed E-state index contributed by atoms with van der Waals surface area (Å²) in [7, 11) is 0. The fraction of sp³-hybridized carbons (Fsp3) is 0.619. The van der Waals surface area contributed by atoms with E-state index in [-0.39, 0.29) is 23.2 Å². The van der Waals surface area contributed by atoms with Gasteiger partial charge in [0.15, 0.2) is 0 Å². The quantitative estimate of drug-likeness (QED) is 0.621. The number of aryl methyl sites for hydroxylation is 1. The molecule has 0 saturated carbocycles. The van der Waals surface area contributed by atoms with Gasteiger partial charge in [0.1, 0.15) is 17.1 Å². The molecule has 3 heteroatoms. The van der Waals surface area contributed by atoms with Crippen LogP contribution >= 0.6 is 0 Å². The van der Waals surface area contributed by atoms with Gasteiger partial charge in [-0.3, -0.25) is 0 Å². The van der Waals surface area contributed by atoms with E-state index in [2.05, 4.69) is 32.9 Å². The highest BCUT2D eigenvalue weighted by Crippen LogP contribution is 2.54. The number of hydrogen-bond donors (Lipinski definition) is 2. The average Bonchev–Trinajstić information content (AvgIpc) is 2.50. The zero-order chi connectivity index (χ0) is 17.5. The van der Waals surface area contributed by atoms with Crippen molar-refractivity contribution in [3.05, 3.63) is 34.9 Å². The lowest BCUT2D eigenvalue weighted by Crippen LogP contribution is -2.49. The molecule has 1 aromatic carbocycles. The average molecular weight is 330 g/mol. The first kappa shape index (κ1) is 17.3. The van der Waals surface area contributed by atoms with Crippen molar-refractivity contribution in [2.45, 2.75) is 77.4 Å². The minimum atomic E-state index is -0.553. The van der Waals surface area contributed by atoms with Gasteiger partial charge >= 0.3 is 0 Å². The number of unbranched alkanes of at least 4 members (excludes halogenated alkanes) is 2. The van der Waals surface area contributed by atoms with Crippen LogP contribution in [-0.2, 0) is 6.42 Å². The van der Waals surface area contributed by atoms with Crippen LogP contribution in [0, 0.1) is 5.92 Å². The van der Waals surface area contributed by atoms with Crippen molar-refractivity contribution >= 4 is 0 Å². The van der Waals surface area contributed by atoms with E-state index in [1.807, 2.05) is 13.0 Å². The monoisotopic (exact) mass is 330 g/mol. The molecule has 2 N–H and O–H groups in total. The number of hydrogen-bond acceptors (Lipinski definition) is 3. The Labute approximate surface area is 145 Å². The third-order valence-corrected chi connectivity index (χ3v) is 5.78. The normalized spacial score (nSPS) is 27.7. The smallest absolute Gasteiger partial charge is 0.127 e. The fourth-order valence-electron chi connectivity index (χ4n) is 4.33. The molecule has 3 rings (SSSR count). The van der Waals surface area contributed by atoms with Gasteiger partial charge in [0.05, 0.1) is 6.10 Å². The van der Waals surface area contributed by atoms with E-state index >= 15 is 0 Å². The molecule has 0 saturated heterocycles. The summed E-state index contributed by atoms with van der Waals surface area (Å²) >= 11 is 0. The molecule has 0 radical (unpaired) electrons. The molecule has 1 aromatic rings. The molecule has 0 unspecified atom stereocenters. The maximum absolute atomic E-state index is 10.8. The highest BCUT2D eigenvalue weighted by atomic mass is 16.5. The van der Waals surface area contributed by atoms with E-state index in [9.17, 15) is 10.2 Å². The van der Waals surface area contributed by atoms with Crippen LogP contribution in [-0.4, -0.2) is 21.9 Å². The van der Waals surface area contributed by atoms with Crippen molar-refractivity contribution in [1.82, 2.24) is 0 Å². The van der Waals surface area contributed by atoms with Crippen LogP contribution in [0.15, 0.2) is 23.8 Å². The van der Waals surface area contributed by atoms with Crippen LogP contribution in [0.3, 0.4) is 0 Å². The van der Waals surface area contributed by atoms with Gasteiger partial charge in [-0.2, -0.15) is 0 Å². The first-order chi connectivity index (χ1) is 11.3. The number of ether oxygens (including phenoxy) is 1. The van der Waals surface area contributed by atoms with Crippen LogP contribution in [0.2, 0.25) is 0 Å². The number of aromatic hydroxyl groups is 1. The van der Waals surface area contributed by atoms with Crippen molar-refractivity contribution in [2.24, 2.45) is 5.92 Å². The van der Waals surface area contributed by atoms with Gasteiger partial charge < -0.3 is 14.9 Å². The number of rotatable bonds is 4. The Morgan fingerprint density at radius 1 is 1.25 bits per heavy atom. The maximum atomic E-state index is 10.8. The van der Waals surface area contributed by atoms with Crippen molar-refractivity contribution in [3.63, 3.8) is 0 Å². The Balaban J connectivity index is 2.01. The van der Waals surface area contributed by atoms with Crippen molar-refractivity contribution in [1.29, 1.82) is 0 Å². The molecule has 3 nitrogen and oxygen atoms in total. The predicted octanol–water partition coefficient (Wildman–Crippen LogP) is 4.71. The summed E-state index contributed by atoms with van der Waals surface area (Å²) < 4.78 is 6.30. The lowest BCUT2D eigenvalue weighted by Gasteiger charge is -2.48. The van der Waals surface area contributed by atoms with Crippen LogP contribution in [0.5, 0.6) is 11.5 Å². The number of aliphatic hydroxyl groups excluding tert-OH is 1. The predicted molar refractivity (Wildman–Crippen MR) is 96.7 cm³/mol. The number of phenolic OH excluding ortho intramolecular Hbond substituents is 1. The molecule has 1 aliphatic carbocycles. The lowest BCUT2D eigenvalue weighted by molar-refractivity contribution is -0.0210. The van der Waals surface area contributed by atoms with Crippen LogP contribution in [0.4, 0.5) is 0 Å². The second-order valence-electron chi connectivity index (χ2n) is 7.95. The number of aliphatic hydroxyl groups is 1. The largest absolute Gasteiger partial charge is 0.508 e. The van der Waals surface area contributed by atoms with Crippen LogP contribution < -0.4 is 4.74 Å². The Morgan fingerprint density at radius 3 is 2.71 bits per heavy atom. The van der Waals surface area contributed by atoms with Gasteiger partial charge in [-0.05, 0) is 63.3 Å². The van der Waals surface area contributed by atoms with Gasteiger partial charge in [0.25, 0.3) is 0 Å². The first-order valence-corrected chi connectivity index (χ1v) is 9.24. The molecule has 0 spiro atoms. The van der Waals surface area contributed by atoms with Gasteiger partial charge in [-0.1, -0.05) is 25.8 Å². The highest BCUT2D eigenvalue weighted by molar-refractivity contribution is 5.53. The molecular formula is C21H30O3. The van der Waals surface area contributed by atoms with Crippen LogP contribution in [0.1, 0.15) is 70.4 Å². The second-order valence-corrected chi connectivity index (χ2v) is 7.95. The lowest BCUT2D eigenvalue weighted by atomic mass is 9.66. The Bertz CT molecular complexity index is 645. The molecule has 0 aromatic heterocycles. The molecule has 3 atom stereocenters. The van der Waals surface area contributed by atoms with E-state index in [0.717, 1.165) is 41.7 Å². The summed E-state index contributed by atoms with van der Waals surface area (Å²) in [6.07, 6.45) is 6.88. The summed E-state index contributed by atoms with van der Waals surface area (Å²) in [5.41, 5.74) is 2.54. The van der Waals surface area contributed by atoms with Crippen molar-refractivity contribution < 1.29 is 14.9 Å². The fourth-order valence-corrected chi connectivity index (χ4v) is 4.33. The Hall–Kier alpha value is -1.48. The van der Waals surface area contributed by atoms with E-state index in [0.29, 0.717) is 0 Å². The number of allylic oxidation sites excluding steroid dienone is 1. The zero-order valence-electron chi connectivity index (χ0n) is 15.3. The molecule has 0 amide bonds. The molecule has 0 fully saturated rings. The van der Waals surface area contributed by atoms with Crippen molar-refractivity contribution in [3.8, 4) is 11.5 Å². The molecule has 24 heavy (non-hydrogen) atoms. The maximum Gasteiger partial charge on any atom is 0.127 e. The zero-order valence-corrected chi connectivity index (χ0v) is 15.3. The Kier molecular flexibility index (Phi) is 4.65. The number of fused-ring (bicyclic) bond motifs is 3. The topological polar surface area (TPSA) is 49.7 Å². The van der Waals surface area contributed by atoms with E-state index in [1.165, 1.54) is 12.8 Å².